The molecule has 0 saturated carbocycles. The molecule has 0 saturated heterocycles. The van der Waals surface area contributed by atoms with E-state index in [0.717, 1.165) is 36.6 Å². The smallest absolute Gasteiger partial charge is 0.416 e. The molecule has 21 heavy (non-hydrogen) atoms. The van der Waals surface area contributed by atoms with Crippen molar-refractivity contribution in [3.05, 3.63) is 29.3 Å². The standard InChI is InChI=1S/C12H14F3N.C3H6O2/c1-2-10-5-3-8-7-9(12(13,14)15)4-6-11(8)16-10;1-2-5-3-4/h4,6-7,10,16H,2-3,5H2,1H3;3H,2H2,1H3. The number of halogens is 3. The van der Waals surface area contributed by atoms with Crippen molar-refractivity contribution in [2.45, 2.75) is 45.3 Å². The fourth-order valence-electron chi connectivity index (χ4n) is 2.11. The minimum atomic E-state index is -4.24. The Labute approximate surface area is 122 Å². The lowest BCUT2D eigenvalue weighted by molar-refractivity contribution is -0.137. The number of alkyl halides is 3. The molecule has 1 atom stereocenters. The van der Waals surface area contributed by atoms with Crippen LogP contribution in [0.1, 0.15) is 37.8 Å². The molecule has 3 nitrogen and oxygen atoms in total. The van der Waals surface area contributed by atoms with Crippen molar-refractivity contribution in [1.82, 2.24) is 0 Å². The summed E-state index contributed by atoms with van der Waals surface area (Å²) in [6.07, 6.45) is -1.60. The van der Waals surface area contributed by atoms with E-state index in [9.17, 15) is 18.0 Å². The van der Waals surface area contributed by atoms with Gasteiger partial charge in [-0.05, 0) is 49.9 Å². The molecule has 0 aromatic heterocycles. The van der Waals surface area contributed by atoms with E-state index in [1.165, 1.54) is 6.07 Å². The number of hydrogen-bond acceptors (Lipinski definition) is 3. The van der Waals surface area contributed by atoms with E-state index in [2.05, 4.69) is 17.0 Å². The Kier molecular flexibility index (Phi) is 6.52. The number of hydrogen-bond donors (Lipinski definition) is 1. The highest BCUT2D eigenvalue weighted by molar-refractivity contribution is 5.55. The lowest BCUT2D eigenvalue weighted by Crippen LogP contribution is -2.24. The van der Waals surface area contributed by atoms with Crippen molar-refractivity contribution >= 4 is 12.2 Å². The fourth-order valence-corrected chi connectivity index (χ4v) is 2.11. The zero-order valence-electron chi connectivity index (χ0n) is 12.2. The SMILES string of the molecule is CCC1CCc2cc(C(F)(F)F)ccc2N1.CCOC=O. The average Bonchev–Trinajstić information content (AvgIpc) is 2.46. The molecule has 1 heterocycles. The Bertz CT molecular complexity index is 461. The molecule has 1 N–H and O–H groups in total. The maximum atomic E-state index is 12.5. The first-order valence-electron chi connectivity index (χ1n) is 6.94. The Morgan fingerprint density at radius 3 is 2.57 bits per heavy atom. The van der Waals surface area contributed by atoms with Gasteiger partial charge in [-0.25, -0.2) is 0 Å². The lowest BCUT2D eigenvalue weighted by atomic mass is 9.95. The third-order valence-electron chi connectivity index (χ3n) is 3.28. The molecule has 0 aliphatic carbocycles. The largest absolute Gasteiger partial charge is 0.468 e. The molecule has 1 aliphatic heterocycles. The number of aryl methyl sites for hydroxylation is 1. The second-order valence-electron chi connectivity index (χ2n) is 4.71. The Balaban J connectivity index is 0.000000383. The molecule has 1 aliphatic rings. The average molecular weight is 303 g/mol. The molecule has 0 bridgehead atoms. The van der Waals surface area contributed by atoms with Crippen LogP contribution >= 0.6 is 0 Å². The van der Waals surface area contributed by atoms with E-state index in [4.69, 9.17) is 0 Å². The van der Waals surface area contributed by atoms with Gasteiger partial charge in [-0.3, -0.25) is 4.79 Å². The van der Waals surface area contributed by atoms with Gasteiger partial charge in [0, 0.05) is 11.7 Å². The molecule has 0 radical (unpaired) electrons. The van der Waals surface area contributed by atoms with Gasteiger partial charge in [0.15, 0.2) is 0 Å². The maximum Gasteiger partial charge on any atom is 0.416 e. The van der Waals surface area contributed by atoms with Crippen LogP contribution in [-0.4, -0.2) is 19.1 Å². The maximum absolute atomic E-state index is 12.5. The first-order valence-corrected chi connectivity index (χ1v) is 6.94. The van der Waals surface area contributed by atoms with Gasteiger partial charge >= 0.3 is 6.18 Å². The zero-order chi connectivity index (χ0) is 15.9. The van der Waals surface area contributed by atoms with Crippen LogP contribution in [-0.2, 0) is 22.1 Å². The van der Waals surface area contributed by atoms with Crippen molar-refractivity contribution < 1.29 is 22.7 Å². The topological polar surface area (TPSA) is 38.3 Å². The number of nitrogens with one attached hydrogen (secondary N) is 1. The van der Waals surface area contributed by atoms with Crippen LogP contribution in [0.5, 0.6) is 0 Å². The molecule has 1 unspecified atom stereocenters. The van der Waals surface area contributed by atoms with Crippen molar-refractivity contribution in [2.24, 2.45) is 0 Å². The molecule has 118 valence electrons. The molecule has 2 rings (SSSR count). The molecule has 0 amide bonds. The van der Waals surface area contributed by atoms with Crippen LogP contribution in [0.4, 0.5) is 18.9 Å². The Morgan fingerprint density at radius 2 is 2.10 bits per heavy atom. The highest BCUT2D eigenvalue weighted by Gasteiger charge is 2.31. The number of carbonyl (C=O) groups excluding carboxylic acids is 1. The summed E-state index contributed by atoms with van der Waals surface area (Å²) in [6.45, 7) is 4.74. The lowest BCUT2D eigenvalue weighted by Gasteiger charge is -2.26. The summed E-state index contributed by atoms with van der Waals surface area (Å²) < 4.78 is 41.6. The van der Waals surface area contributed by atoms with Crippen LogP contribution in [0, 0.1) is 0 Å². The van der Waals surface area contributed by atoms with E-state index >= 15 is 0 Å². The number of rotatable bonds is 3. The minimum Gasteiger partial charge on any atom is -0.468 e. The van der Waals surface area contributed by atoms with Gasteiger partial charge in [0.1, 0.15) is 0 Å². The zero-order valence-corrected chi connectivity index (χ0v) is 12.2. The summed E-state index contributed by atoms with van der Waals surface area (Å²) in [4.78, 5) is 9.18. The molecule has 6 heteroatoms. The van der Waals surface area contributed by atoms with Crippen LogP contribution in [0.25, 0.3) is 0 Å². The van der Waals surface area contributed by atoms with Crippen molar-refractivity contribution in [2.75, 3.05) is 11.9 Å². The minimum absolute atomic E-state index is 0.393. The molecule has 1 aromatic rings. The van der Waals surface area contributed by atoms with Gasteiger partial charge in [-0.2, -0.15) is 13.2 Å². The van der Waals surface area contributed by atoms with Crippen LogP contribution in [0.2, 0.25) is 0 Å². The third-order valence-corrected chi connectivity index (χ3v) is 3.28. The number of benzene rings is 1. The van der Waals surface area contributed by atoms with Gasteiger partial charge < -0.3 is 10.1 Å². The van der Waals surface area contributed by atoms with E-state index in [-0.39, 0.29) is 0 Å². The normalized spacial score (nSPS) is 16.9. The molecule has 0 fully saturated rings. The second kappa shape index (κ2) is 7.90. The first-order chi connectivity index (χ1) is 9.92. The van der Waals surface area contributed by atoms with Crippen molar-refractivity contribution in [1.29, 1.82) is 0 Å². The van der Waals surface area contributed by atoms with E-state index in [0.29, 0.717) is 19.1 Å². The predicted octanol–water partition coefficient (Wildman–Crippen LogP) is 4.02. The Hall–Kier alpha value is -1.72. The van der Waals surface area contributed by atoms with Gasteiger partial charge in [-0.15, -0.1) is 0 Å². The van der Waals surface area contributed by atoms with Crippen molar-refractivity contribution in [3.8, 4) is 0 Å². The van der Waals surface area contributed by atoms with E-state index in [1.54, 1.807) is 13.0 Å². The number of ether oxygens (including phenoxy) is 1. The summed E-state index contributed by atoms with van der Waals surface area (Å²) in [5, 5.41) is 3.26. The van der Waals surface area contributed by atoms with E-state index < -0.39 is 11.7 Å². The van der Waals surface area contributed by atoms with Crippen LogP contribution in [0.15, 0.2) is 18.2 Å². The van der Waals surface area contributed by atoms with E-state index in [1.807, 2.05) is 0 Å². The van der Waals surface area contributed by atoms with Gasteiger partial charge in [0.2, 0.25) is 0 Å². The van der Waals surface area contributed by atoms with Gasteiger partial charge in [0.05, 0.1) is 12.2 Å². The molecular formula is C15H20F3NO2. The number of anilines is 1. The third kappa shape index (κ3) is 5.28. The summed E-state index contributed by atoms with van der Waals surface area (Å²) in [7, 11) is 0. The quantitative estimate of drug-likeness (QED) is 0.857. The molecular weight excluding hydrogens is 283 g/mol. The number of fused-ring (bicyclic) bond motifs is 1. The summed E-state index contributed by atoms with van der Waals surface area (Å²) in [6, 6.07) is 4.34. The Morgan fingerprint density at radius 1 is 1.38 bits per heavy atom. The highest BCUT2D eigenvalue weighted by atomic mass is 19.4. The van der Waals surface area contributed by atoms with Gasteiger partial charge in [0.25, 0.3) is 6.47 Å². The summed E-state index contributed by atoms with van der Waals surface area (Å²) >= 11 is 0. The number of carbonyl (C=O) groups is 1. The summed E-state index contributed by atoms with van der Waals surface area (Å²) in [5.74, 6) is 0. The molecule has 1 aromatic carbocycles. The fraction of sp³-hybridized carbons (Fsp3) is 0.533. The van der Waals surface area contributed by atoms with Crippen LogP contribution in [0.3, 0.4) is 0 Å². The monoisotopic (exact) mass is 303 g/mol. The van der Waals surface area contributed by atoms with Gasteiger partial charge in [-0.1, -0.05) is 6.92 Å². The van der Waals surface area contributed by atoms with Crippen molar-refractivity contribution in [3.63, 3.8) is 0 Å². The molecule has 0 spiro atoms. The van der Waals surface area contributed by atoms with Crippen LogP contribution < -0.4 is 5.32 Å². The first kappa shape index (κ1) is 17.3. The highest BCUT2D eigenvalue weighted by Crippen LogP contribution is 2.34. The predicted molar refractivity (Wildman–Crippen MR) is 75.2 cm³/mol. The summed E-state index contributed by atoms with van der Waals surface area (Å²) in [5.41, 5.74) is 1.08. The second-order valence-corrected chi connectivity index (χ2v) is 4.71.